The van der Waals surface area contributed by atoms with Crippen molar-refractivity contribution in [3.63, 3.8) is 0 Å². The summed E-state index contributed by atoms with van der Waals surface area (Å²) in [5, 5.41) is 3.17. The summed E-state index contributed by atoms with van der Waals surface area (Å²) in [6.07, 6.45) is 0.171. The minimum atomic E-state index is -0.335. The molecule has 0 saturated heterocycles. The summed E-state index contributed by atoms with van der Waals surface area (Å²) in [6.45, 7) is 2.54. The van der Waals surface area contributed by atoms with E-state index in [1.54, 1.807) is 27.4 Å². The van der Waals surface area contributed by atoms with Gasteiger partial charge in [0.15, 0.2) is 11.5 Å². The summed E-state index contributed by atoms with van der Waals surface area (Å²) in [5.41, 5.74) is 2.69. The van der Waals surface area contributed by atoms with Gasteiger partial charge in [-0.3, -0.25) is 4.79 Å². The topological polar surface area (TPSA) is 66.0 Å². The molecule has 174 valence electrons. The molecule has 0 heterocycles. The van der Waals surface area contributed by atoms with Gasteiger partial charge in [-0.05, 0) is 60.0 Å². The van der Waals surface area contributed by atoms with Gasteiger partial charge >= 0.3 is 0 Å². The fraction of sp³-hybridized carbons (Fsp3) is 0.269. The Kier molecular flexibility index (Phi) is 8.60. The maximum atomic E-state index is 13.1. The lowest BCUT2D eigenvalue weighted by Gasteiger charge is -2.21. The first-order valence-corrected chi connectivity index (χ1v) is 11.3. The molecule has 0 fully saturated rings. The quantitative estimate of drug-likeness (QED) is 0.397. The molecule has 1 amide bonds. The number of amides is 1. The van der Waals surface area contributed by atoms with Gasteiger partial charge in [-0.15, -0.1) is 0 Å². The van der Waals surface area contributed by atoms with Gasteiger partial charge in [0.2, 0.25) is 5.91 Å². The lowest BCUT2D eigenvalue weighted by molar-refractivity contribution is -0.120. The highest BCUT2D eigenvalue weighted by Crippen LogP contribution is 2.34. The SMILES string of the molecule is CCOc1ccc([C@@H](NC(=O)Cc2cc(OC)c(OC)cc2Br)c2ccc(OC)cc2)cc1. The molecule has 6 nitrogen and oxygen atoms in total. The molecule has 0 unspecified atom stereocenters. The Hall–Kier alpha value is -3.19. The Morgan fingerprint density at radius 1 is 0.848 bits per heavy atom. The summed E-state index contributed by atoms with van der Waals surface area (Å²) >= 11 is 3.53. The fourth-order valence-electron chi connectivity index (χ4n) is 3.50. The van der Waals surface area contributed by atoms with Crippen molar-refractivity contribution < 1.29 is 23.7 Å². The molecule has 0 saturated carbocycles. The van der Waals surface area contributed by atoms with Gasteiger partial charge in [-0.2, -0.15) is 0 Å². The smallest absolute Gasteiger partial charge is 0.225 e. The zero-order valence-corrected chi connectivity index (χ0v) is 20.8. The summed E-state index contributed by atoms with van der Waals surface area (Å²) in [5.74, 6) is 2.58. The molecule has 0 aliphatic heterocycles. The number of carbonyl (C=O) groups is 1. The van der Waals surface area contributed by atoms with Crippen molar-refractivity contribution in [1.82, 2.24) is 5.32 Å². The second-order valence-electron chi connectivity index (χ2n) is 7.25. The van der Waals surface area contributed by atoms with Crippen LogP contribution < -0.4 is 24.3 Å². The van der Waals surface area contributed by atoms with Gasteiger partial charge in [0, 0.05) is 4.47 Å². The van der Waals surface area contributed by atoms with E-state index in [1.807, 2.05) is 61.5 Å². The molecule has 0 aliphatic rings. The number of benzene rings is 3. The molecule has 0 aromatic heterocycles. The second-order valence-corrected chi connectivity index (χ2v) is 8.11. The van der Waals surface area contributed by atoms with E-state index in [-0.39, 0.29) is 18.4 Å². The first-order valence-electron chi connectivity index (χ1n) is 10.6. The number of rotatable bonds is 10. The summed E-state index contributed by atoms with van der Waals surface area (Å²) < 4.78 is 22.3. The van der Waals surface area contributed by atoms with Gasteiger partial charge in [-0.25, -0.2) is 0 Å². The molecule has 1 N–H and O–H groups in total. The van der Waals surface area contributed by atoms with E-state index >= 15 is 0 Å². The normalized spacial score (nSPS) is 11.4. The van der Waals surface area contributed by atoms with Crippen LogP contribution in [0.15, 0.2) is 65.1 Å². The molecule has 3 aromatic rings. The summed E-state index contributed by atoms with van der Waals surface area (Å²) in [7, 11) is 4.77. The van der Waals surface area contributed by atoms with Gasteiger partial charge in [0.25, 0.3) is 0 Å². The third-order valence-electron chi connectivity index (χ3n) is 5.18. The molecule has 0 radical (unpaired) electrons. The van der Waals surface area contributed by atoms with Crippen molar-refractivity contribution >= 4 is 21.8 Å². The van der Waals surface area contributed by atoms with Crippen LogP contribution in [0.2, 0.25) is 0 Å². The number of hydrogen-bond donors (Lipinski definition) is 1. The lowest BCUT2D eigenvalue weighted by Crippen LogP contribution is -2.30. The first-order chi connectivity index (χ1) is 16.0. The monoisotopic (exact) mass is 513 g/mol. The maximum absolute atomic E-state index is 13.1. The minimum Gasteiger partial charge on any atom is -0.497 e. The van der Waals surface area contributed by atoms with E-state index in [0.29, 0.717) is 18.1 Å². The molecule has 3 rings (SSSR count). The highest BCUT2D eigenvalue weighted by Gasteiger charge is 2.19. The van der Waals surface area contributed by atoms with E-state index in [9.17, 15) is 4.79 Å². The van der Waals surface area contributed by atoms with Crippen molar-refractivity contribution in [2.75, 3.05) is 27.9 Å². The van der Waals surface area contributed by atoms with Crippen LogP contribution in [0, 0.1) is 0 Å². The predicted molar refractivity (Wildman–Crippen MR) is 132 cm³/mol. The van der Waals surface area contributed by atoms with Crippen LogP contribution in [0.3, 0.4) is 0 Å². The van der Waals surface area contributed by atoms with Gasteiger partial charge in [0.1, 0.15) is 11.5 Å². The van der Waals surface area contributed by atoms with Gasteiger partial charge in [0.05, 0.1) is 40.4 Å². The van der Waals surface area contributed by atoms with E-state index in [1.165, 1.54) is 0 Å². The number of methoxy groups -OCH3 is 3. The number of halogens is 1. The van der Waals surface area contributed by atoms with E-state index < -0.39 is 0 Å². The first kappa shape index (κ1) is 24.5. The molecule has 0 aliphatic carbocycles. The van der Waals surface area contributed by atoms with E-state index in [2.05, 4.69) is 21.2 Å². The Morgan fingerprint density at radius 3 is 1.91 bits per heavy atom. The van der Waals surface area contributed by atoms with Crippen LogP contribution in [0.5, 0.6) is 23.0 Å². The third kappa shape index (κ3) is 6.20. The second kappa shape index (κ2) is 11.6. The third-order valence-corrected chi connectivity index (χ3v) is 5.92. The van der Waals surface area contributed by atoms with Crippen molar-refractivity contribution in [1.29, 1.82) is 0 Å². The molecular weight excluding hydrogens is 486 g/mol. The van der Waals surface area contributed by atoms with E-state index in [0.717, 1.165) is 32.7 Å². The average Bonchev–Trinajstić information content (AvgIpc) is 2.84. The largest absolute Gasteiger partial charge is 0.497 e. The van der Waals surface area contributed by atoms with Crippen molar-refractivity contribution in [2.45, 2.75) is 19.4 Å². The Morgan fingerprint density at radius 2 is 1.39 bits per heavy atom. The van der Waals surface area contributed by atoms with Crippen LogP contribution >= 0.6 is 15.9 Å². The number of carbonyl (C=O) groups excluding carboxylic acids is 1. The van der Waals surface area contributed by atoms with Gasteiger partial charge in [-0.1, -0.05) is 40.2 Å². The number of hydrogen-bond acceptors (Lipinski definition) is 5. The van der Waals surface area contributed by atoms with Gasteiger partial charge < -0.3 is 24.3 Å². The summed E-state index contributed by atoms with van der Waals surface area (Å²) in [4.78, 5) is 13.1. The molecule has 0 bridgehead atoms. The predicted octanol–water partition coefficient (Wildman–Crippen LogP) is 5.32. The van der Waals surface area contributed by atoms with Crippen molar-refractivity contribution in [3.05, 3.63) is 81.8 Å². The van der Waals surface area contributed by atoms with Crippen LogP contribution in [0.25, 0.3) is 0 Å². The van der Waals surface area contributed by atoms with Crippen molar-refractivity contribution in [2.24, 2.45) is 0 Å². The molecule has 7 heteroatoms. The maximum Gasteiger partial charge on any atom is 0.225 e. The van der Waals surface area contributed by atoms with Crippen molar-refractivity contribution in [3.8, 4) is 23.0 Å². The lowest BCUT2D eigenvalue weighted by atomic mass is 9.98. The fourth-order valence-corrected chi connectivity index (χ4v) is 3.96. The molecule has 1 atom stereocenters. The zero-order valence-electron chi connectivity index (χ0n) is 19.2. The standard InChI is InChI=1S/C26H28BrNO5/c1-5-33-21-12-8-18(9-13-21)26(17-6-10-20(30-2)11-7-17)28-25(29)15-19-14-23(31-3)24(32-4)16-22(19)27/h6-14,16,26H,5,15H2,1-4H3,(H,28,29)/t26-/m0/s1. The molecule has 3 aromatic carbocycles. The highest BCUT2D eigenvalue weighted by atomic mass is 79.9. The Labute approximate surface area is 202 Å². The van der Waals surface area contributed by atoms with Crippen LogP contribution in [0.1, 0.15) is 29.7 Å². The number of nitrogens with one attached hydrogen (secondary N) is 1. The van der Waals surface area contributed by atoms with Crippen LogP contribution in [-0.2, 0) is 11.2 Å². The molecule has 0 spiro atoms. The minimum absolute atomic E-state index is 0.127. The number of ether oxygens (including phenoxy) is 4. The Bertz CT molecular complexity index is 1070. The molecular formula is C26H28BrNO5. The zero-order chi connectivity index (χ0) is 23.8. The van der Waals surface area contributed by atoms with Crippen LogP contribution in [-0.4, -0.2) is 33.8 Å². The highest BCUT2D eigenvalue weighted by molar-refractivity contribution is 9.10. The molecule has 33 heavy (non-hydrogen) atoms. The summed E-state index contributed by atoms with van der Waals surface area (Å²) in [6, 6.07) is 18.7. The average molecular weight is 514 g/mol. The van der Waals surface area contributed by atoms with E-state index in [4.69, 9.17) is 18.9 Å². The van der Waals surface area contributed by atoms with Crippen LogP contribution in [0.4, 0.5) is 0 Å². The Balaban J connectivity index is 1.87.